The highest BCUT2D eigenvalue weighted by Gasteiger charge is 2.19. The minimum atomic E-state index is -1.01. The highest BCUT2D eigenvalue weighted by Crippen LogP contribution is 2.14. The van der Waals surface area contributed by atoms with Gasteiger partial charge < -0.3 is 10.0 Å². The van der Waals surface area contributed by atoms with Crippen LogP contribution < -0.4 is 0 Å². The topological polar surface area (TPSA) is 57.6 Å². The lowest BCUT2D eigenvalue weighted by Crippen LogP contribution is -2.34. The monoisotopic (exact) mass is 275 g/mol. The molecule has 0 aliphatic heterocycles. The van der Waals surface area contributed by atoms with Crippen LogP contribution in [0, 0.1) is 0 Å². The number of hydrogen-bond donors (Lipinski definition) is 1. The maximum Gasteiger partial charge on any atom is 0.323 e. The van der Waals surface area contributed by atoms with E-state index in [2.05, 4.69) is 0 Å². The van der Waals surface area contributed by atoms with Crippen LogP contribution in [0.5, 0.6) is 0 Å². The second-order valence-corrected chi connectivity index (χ2v) is 4.97. The quantitative estimate of drug-likeness (QED) is 0.912. The Morgan fingerprint density at radius 1 is 1.11 bits per heavy atom. The van der Waals surface area contributed by atoms with E-state index in [4.69, 9.17) is 5.11 Å². The smallest absolute Gasteiger partial charge is 0.323 e. The number of nitrogens with zero attached hydrogens (tertiary/aromatic N) is 1. The summed E-state index contributed by atoms with van der Waals surface area (Å²) in [5.74, 6) is -1.26. The lowest BCUT2D eigenvalue weighted by molar-refractivity contribution is -0.137. The first kappa shape index (κ1) is 13.3. The fourth-order valence-electron chi connectivity index (χ4n) is 1.72. The Kier molecular flexibility index (Phi) is 4.30. The Bertz CT molecular complexity index is 551. The van der Waals surface area contributed by atoms with Crippen LogP contribution >= 0.6 is 11.3 Å². The Hall–Kier alpha value is -2.14. The third-order valence-electron chi connectivity index (χ3n) is 2.56. The molecule has 0 unspecified atom stereocenters. The molecule has 5 heteroatoms. The van der Waals surface area contributed by atoms with Crippen molar-refractivity contribution in [1.29, 1.82) is 0 Å². The van der Waals surface area contributed by atoms with E-state index < -0.39 is 5.97 Å². The van der Waals surface area contributed by atoms with Crippen molar-refractivity contribution in [2.24, 2.45) is 0 Å². The van der Waals surface area contributed by atoms with Gasteiger partial charge in [-0.3, -0.25) is 9.59 Å². The largest absolute Gasteiger partial charge is 0.480 e. The maximum atomic E-state index is 12.2. The Labute approximate surface area is 114 Å². The van der Waals surface area contributed by atoms with E-state index >= 15 is 0 Å². The van der Waals surface area contributed by atoms with Crippen molar-refractivity contribution in [2.75, 3.05) is 6.54 Å². The highest BCUT2D eigenvalue weighted by atomic mass is 32.1. The van der Waals surface area contributed by atoms with Gasteiger partial charge in [-0.1, -0.05) is 36.4 Å². The molecule has 1 aromatic heterocycles. The fraction of sp³-hybridized carbons (Fsp3) is 0.143. The maximum absolute atomic E-state index is 12.2. The zero-order valence-electron chi connectivity index (χ0n) is 10.2. The zero-order valence-corrected chi connectivity index (χ0v) is 11.0. The number of hydrogen-bond acceptors (Lipinski definition) is 3. The van der Waals surface area contributed by atoms with Crippen molar-refractivity contribution < 1.29 is 14.7 Å². The van der Waals surface area contributed by atoms with Gasteiger partial charge in [0.1, 0.15) is 6.54 Å². The molecule has 0 saturated carbocycles. The number of carbonyl (C=O) groups excluding carboxylic acids is 1. The van der Waals surface area contributed by atoms with Gasteiger partial charge in [0.25, 0.3) is 5.91 Å². The summed E-state index contributed by atoms with van der Waals surface area (Å²) in [6.07, 6.45) is 0. The third-order valence-corrected chi connectivity index (χ3v) is 3.42. The van der Waals surface area contributed by atoms with E-state index in [0.29, 0.717) is 11.4 Å². The average molecular weight is 275 g/mol. The Morgan fingerprint density at radius 2 is 1.84 bits per heavy atom. The molecule has 0 aliphatic rings. The molecule has 0 spiro atoms. The molecule has 2 aromatic rings. The lowest BCUT2D eigenvalue weighted by atomic mass is 10.2. The average Bonchev–Trinajstić information content (AvgIpc) is 2.91. The summed E-state index contributed by atoms with van der Waals surface area (Å²) in [6, 6.07) is 12.8. The van der Waals surface area contributed by atoms with Crippen LogP contribution in [0.2, 0.25) is 0 Å². The third kappa shape index (κ3) is 3.66. The summed E-state index contributed by atoms with van der Waals surface area (Å²) >= 11 is 1.31. The molecular formula is C14H13NO3S. The van der Waals surface area contributed by atoms with Gasteiger partial charge in [0.05, 0.1) is 4.88 Å². The van der Waals surface area contributed by atoms with Gasteiger partial charge in [-0.15, -0.1) is 11.3 Å². The van der Waals surface area contributed by atoms with Crippen LogP contribution in [0.1, 0.15) is 15.2 Å². The van der Waals surface area contributed by atoms with Crippen LogP contribution in [0.3, 0.4) is 0 Å². The number of thiophene rings is 1. The van der Waals surface area contributed by atoms with Crippen LogP contribution in [0.15, 0.2) is 47.8 Å². The molecule has 1 N–H and O–H groups in total. The van der Waals surface area contributed by atoms with Crippen molar-refractivity contribution in [1.82, 2.24) is 4.90 Å². The Morgan fingerprint density at radius 3 is 2.42 bits per heavy atom. The number of aliphatic carboxylic acids is 1. The van der Waals surface area contributed by atoms with Gasteiger partial charge in [-0.05, 0) is 17.0 Å². The molecule has 0 atom stereocenters. The van der Waals surface area contributed by atoms with Gasteiger partial charge in [0.15, 0.2) is 0 Å². The minimum absolute atomic E-state index is 0.249. The molecule has 0 fully saturated rings. The SMILES string of the molecule is O=C(O)CN(Cc1ccccc1)C(=O)c1cccs1. The van der Waals surface area contributed by atoms with Gasteiger partial charge in [0, 0.05) is 6.54 Å². The molecule has 0 aliphatic carbocycles. The number of rotatable bonds is 5. The van der Waals surface area contributed by atoms with Crippen LogP contribution in [0.4, 0.5) is 0 Å². The standard InChI is InChI=1S/C14H13NO3S/c16-13(17)10-15(9-11-5-2-1-3-6-11)14(18)12-7-4-8-19-12/h1-8H,9-10H2,(H,16,17). The minimum Gasteiger partial charge on any atom is -0.480 e. The van der Waals surface area contributed by atoms with Crippen molar-refractivity contribution in [3.05, 3.63) is 58.3 Å². The number of carboxylic acid groups (broad SMARTS) is 1. The molecule has 4 nitrogen and oxygen atoms in total. The summed E-state index contributed by atoms with van der Waals surface area (Å²) in [5.41, 5.74) is 0.911. The fourth-order valence-corrected chi connectivity index (χ4v) is 2.41. The first-order chi connectivity index (χ1) is 9.16. The second kappa shape index (κ2) is 6.15. The van der Waals surface area contributed by atoms with E-state index in [0.717, 1.165) is 5.56 Å². The molecule has 2 rings (SSSR count). The summed E-state index contributed by atoms with van der Waals surface area (Å²) in [7, 11) is 0. The first-order valence-corrected chi connectivity index (χ1v) is 6.63. The Balaban J connectivity index is 2.16. The summed E-state index contributed by atoms with van der Waals surface area (Å²) in [4.78, 5) is 25.0. The van der Waals surface area contributed by atoms with Gasteiger partial charge in [-0.25, -0.2) is 0 Å². The zero-order chi connectivity index (χ0) is 13.7. The second-order valence-electron chi connectivity index (χ2n) is 4.02. The van der Waals surface area contributed by atoms with Crippen LogP contribution in [-0.4, -0.2) is 28.4 Å². The van der Waals surface area contributed by atoms with Crippen LogP contribution in [0.25, 0.3) is 0 Å². The molecule has 0 saturated heterocycles. The first-order valence-electron chi connectivity index (χ1n) is 5.75. The number of benzene rings is 1. The van der Waals surface area contributed by atoms with Gasteiger partial charge in [0.2, 0.25) is 0 Å². The molecule has 0 radical (unpaired) electrons. The van der Waals surface area contributed by atoms with E-state index in [-0.39, 0.29) is 12.5 Å². The predicted octanol–water partition coefficient (Wildman–Crippen LogP) is 2.48. The molecular weight excluding hydrogens is 262 g/mol. The summed E-state index contributed by atoms with van der Waals surface area (Å²) < 4.78 is 0. The highest BCUT2D eigenvalue weighted by molar-refractivity contribution is 7.12. The molecule has 0 bridgehead atoms. The molecule has 1 amide bonds. The summed E-state index contributed by atoms with van der Waals surface area (Å²) in [6.45, 7) is -0.00446. The normalized spacial score (nSPS) is 10.1. The summed E-state index contributed by atoms with van der Waals surface area (Å²) in [5, 5.41) is 10.7. The number of carboxylic acids is 1. The number of amides is 1. The van der Waals surface area contributed by atoms with Crippen molar-refractivity contribution >= 4 is 23.2 Å². The van der Waals surface area contributed by atoms with Crippen molar-refractivity contribution in [3.8, 4) is 0 Å². The van der Waals surface area contributed by atoms with Crippen molar-refractivity contribution in [3.63, 3.8) is 0 Å². The van der Waals surface area contributed by atoms with E-state index in [1.54, 1.807) is 17.5 Å². The molecule has 98 valence electrons. The van der Waals surface area contributed by atoms with E-state index in [9.17, 15) is 9.59 Å². The van der Waals surface area contributed by atoms with Crippen LogP contribution in [-0.2, 0) is 11.3 Å². The molecule has 1 aromatic carbocycles. The van der Waals surface area contributed by atoms with E-state index in [1.165, 1.54) is 16.2 Å². The predicted molar refractivity (Wildman–Crippen MR) is 73.1 cm³/mol. The lowest BCUT2D eigenvalue weighted by Gasteiger charge is -2.20. The van der Waals surface area contributed by atoms with E-state index in [1.807, 2.05) is 30.3 Å². The van der Waals surface area contributed by atoms with Gasteiger partial charge >= 0.3 is 5.97 Å². The van der Waals surface area contributed by atoms with Crippen molar-refractivity contribution in [2.45, 2.75) is 6.54 Å². The van der Waals surface area contributed by atoms with Gasteiger partial charge in [-0.2, -0.15) is 0 Å². The molecule has 19 heavy (non-hydrogen) atoms. The molecule has 1 heterocycles. The number of carbonyl (C=O) groups is 2.